The Balaban J connectivity index is 1.50. The van der Waals surface area contributed by atoms with Crippen LogP contribution in [-0.4, -0.2) is 37.0 Å². The van der Waals surface area contributed by atoms with Gasteiger partial charge in [-0.3, -0.25) is 9.59 Å². The molecule has 0 aromatic heterocycles. The van der Waals surface area contributed by atoms with E-state index in [0.717, 1.165) is 25.7 Å². The SMILES string of the molecule is C[C@H](OC(=O)c1cccc(N2CCCC2=O)c1)C(=O)NCCC1=CCCCC1. The molecule has 0 spiro atoms. The van der Waals surface area contributed by atoms with Gasteiger partial charge in [-0.2, -0.15) is 0 Å². The van der Waals surface area contributed by atoms with Gasteiger partial charge in [0.25, 0.3) is 5.91 Å². The number of amides is 2. The van der Waals surface area contributed by atoms with Crippen molar-refractivity contribution < 1.29 is 19.1 Å². The molecule has 150 valence electrons. The van der Waals surface area contributed by atoms with E-state index in [4.69, 9.17) is 4.74 Å². The standard InChI is InChI=1S/C22H28N2O4/c1-16(21(26)23-13-12-17-7-3-2-4-8-17)28-22(27)18-9-5-10-19(15-18)24-14-6-11-20(24)25/h5,7,9-10,15-16H,2-4,6,8,11-14H2,1H3,(H,23,26)/t16-/m0/s1. The Labute approximate surface area is 165 Å². The average molecular weight is 384 g/mol. The monoisotopic (exact) mass is 384 g/mol. The van der Waals surface area contributed by atoms with Gasteiger partial charge in [0.1, 0.15) is 0 Å². The van der Waals surface area contributed by atoms with Crippen LogP contribution in [0.4, 0.5) is 5.69 Å². The number of anilines is 1. The highest BCUT2D eigenvalue weighted by molar-refractivity contribution is 5.98. The summed E-state index contributed by atoms with van der Waals surface area (Å²) < 4.78 is 5.32. The van der Waals surface area contributed by atoms with Crippen molar-refractivity contribution in [3.05, 3.63) is 41.5 Å². The van der Waals surface area contributed by atoms with E-state index >= 15 is 0 Å². The highest BCUT2D eigenvalue weighted by Gasteiger charge is 2.23. The molecule has 1 aliphatic heterocycles. The van der Waals surface area contributed by atoms with E-state index in [1.807, 2.05) is 0 Å². The van der Waals surface area contributed by atoms with Crippen LogP contribution in [0.1, 0.15) is 62.2 Å². The lowest BCUT2D eigenvalue weighted by Crippen LogP contribution is -2.36. The average Bonchev–Trinajstić information content (AvgIpc) is 3.14. The van der Waals surface area contributed by atoms with Gasteiger partial charge in [-0.25, -0.2) is 4.79 Å². The van der Waals surface area contributed by atoms with Gasteiger partial charge in [0.2, 0.25) is 5.91 Å². The number of hydrogen-bond donors (Lipinski definition) is 1. The normalized spacial score (nSPS) is 17.8. The molecular weight excluding hydrogens is 356 g/mol. The number of rotatable bonds is 7. The molecule has 3 rings (SSSR count). The first-order chi connectivity index (χ1) is 13.5. The van der Waals surface area contributed by atoms with Crippen LogP contribution in [0.5, 0.6) is 0 Å². The molecule has 0 radical (unpaired) electrons. The second kappa shape index (κ2) is 9.53. The van der Waals surface area contributed by atoms with E-state index in [-0.39, 0.29) is 11.8 Å². The molecule has 1 saturated heterocycles. The fraction of sp³-hybridized carbons (Fsp3) is 0.500. The van der Waals surface area contributed by atoms with Crippen LogP contribution >= 0.6 is 0 Å². The van der Waals surface area contributed by atoms with Gasteiger partial charge in [-0.05, 0) is 63.6 Å². The van der Waals surface area contributed by atoms with Crippen LogP contribution in [0.25, 0.3) is 0 Å². The van der Waals surface area contributed by atoms with Crippen molar-refractivity contribution in [1.82, 2.24) is 5.32 Å². The van der Waals surface area contributed by atoms with Crippen LogP contribution in [0, 0.1) is 0 Å². The van der Waals surface area contributed by atoms with Crippen molar-refractivity contribution in [2.75, 3.05) is 18.0 Å². The molecule has 0 saturated carbocycles. The molecule has 2 aliphatic rings. The molecule has 1 aliphatic carbocycles. The number of hydrogen-bond acceptors (Lipinski definition) is 4. The number of benzene rings is 1. The van der Waals surface area contributed by atoms with E-state index < -0.39 is 12.1 Å². The Bertz CT molecular complexity index is 772. The summed E-state index contributed by atoms with van der Waals surface area (Å²) in [6.07, 6.45) is 8.28. The molecule has 1 N–H and O–H groups in total. The van der Waals surface area contributed by atoms with Gasteiger partial charge < -0.3 is 15.0 Å². The lowest BCUT2D eigenvalue weighted by molar-refractivity contribution is -0.129. The summed E-state index contributed by atoms with van der Waals surface area (Å²) in [4.78, 5) is 38.2. The summed E-state index contributed by atoms with van der Waals surface area (Å²) in [5.41, 5.74) is 2.42. The Kier molecular flexibility index (Phi) is 6.85. The van der Waals surface area contributed by atoms with Crippen molar-refractivity contribution in [3.8, 4) is 0 Å². The van der Waals surface area contributed by atoms with E-state index in [0.29, 0.717) is 30.8 Å². The van der Waals surface area contributed by atoms with Crippen LogP contribution in [-0.2, 0) is 14.3 Å². The summed E-state index contributed by atoms with van der Waals surface area (Å²) in [6, 6.07) is 6.80. The van der Waals surface area contributed by atoms with E-state index in [2.05, 4.69) is 11.4 Å². The largest absolute Gasteiger partial charge is 0.449 e. The first kappa shape index (κ1) is 20.1. The minimum Gasteiger partial charge on any atom is -0.449 e. The molecular formula is C22H28N2O4. The zero-order chi connectivity index (χ0) is 19.9. The van der Waals surface area contributed by atoms with Gasteiger partial charge >= 0.3 is 5.97 Å². The van der Waals surface area contributed by atoms with Crippen molar-refractivity contribution in [2.45, 2.75) is 58.0 Å². The van der Waals surface area contributed by atoms with Crippen LogP contribution < -0.4 is 10.2 Å². The maximum atomic E-state index is 12.4. The predicted molar refractivity (Wildman–Crippen MR) is 107 cm³/mol. The third-order valence-electron chi connectivity index (χ3n) is 5.25. The third-order valence-corrected chi connectivity index (χ3v) is 5.25. The zero-order valence-electron chi connectivity index (χ0n) is 16.4. The van der Waals surface area contributed by atoms with Gasteiger partial charge in [0, 0.05) is 25.2 Å². The van der Waals surface area contributed by atoms with E-state index in [9.17, 15) is 14.4 Å². The lowest BCUT2D eigenvalue weighted by Gasteiger charge is -2.17. The zero-order valence-corrected chi connectivity index (χ0v) is 16.4. The molecule has 6 heteroatoms. The van der Waals surface area contributed by atoms with Crippen LogP contribution in [0.3, 0.4) is 0 Å². The summed E-state index contributed by atoms with van der Waals surface area (Å²) in [5.74, 6) is -0.798. The summed E-state index contributed by atoms with van der Waals surface area (Å²) in [7, 11) is 0. The Morgan fingerprint density at radius 3 is 2.79 bits per heavy atom. The number of esters is 1. The minimum atomic E-state index is -0.870. The lowest BCUT2D eigenvalue weighted by atomic mass is 9.97. The quantitative estimate of drug-likeness (QED) is 0.578. The highest BCUT2D eigenvalue weighted by Crippen LogP contribution is 2.23. The number of carbonyl (C=O) groups excluding carboxylic acids is 3. The smallest absolute Gasteiger partial charge is 0.338 e. The summed E-state index contributed by atoms with van der Waals surface area (Å²) in [5, 5.41) is 2.84. The predicted octanol–water partition coefficient (Wildman–Crippen LogP) is 3.37. The van der Waals surface area contributed by atoms with Crippen molar-refractivity contribution in [2.24, 2.45) is 0 Å². The van der Waals surface area contributed by atoms with Gasteiger partial charge in [-0.15, -0.1) is 0 Å². The number of allylic oxidation sites excluding steroid dienone is 1. The van der Waals surface area contributed by atoms with Gasteiger partial charge in [0.15, 0.2) is 6.10 Å². The first-order valence-electron chi connectivity index (χ1n) is 10.1. The molecule has 1 heterocycles. The number of nitrogens with one attached hydrogen (secondary N) is 1. The molecule has 6 nitrogen and oxygen atoms in total. The highest BCUT2D eigenvalue weighted by atomic mass is 16.5. The maximum absolute atomic E-state index is 12.4. The molecule has 1 fully saturated rings. The summed E-state index contributed by atoms with van der Waals surface area (Å²) in [6.45, 7) is 2.78. The van der Waals surface area contributed by atoms with Gasteiger partial charge in [-0.1, -0.05) is 17.7 Å². The molecule has 1 aromatic carbocycles. The van der Waals surface area contributed by atoms with Crippen molar-refractivity contribution >= 4 is 23.5 Å². The van der Waals surface area contributed by atoms with Crippen LogP contribution in [0.2, 0.25) is 0 Å². The molecule has 1 aromatic rings. The molecule has 2 amide bonds. The van der Waals surface area contributed by atoms with E-state index in [1.54, 1.807) is 36.1 Å². The fourth-order valence-corrected chi connectivity index (χ4v) is 3.63. The molecule has 0 bridgehead atoms. The van der Waals surface area contributed by atoms with E-state index in [1.165, 1.54) is 18.4 Å². The van der Waals surface area contributed by atoms with Crippen LogP contribution in [0.15, 0.2) is 35.9 Å². The second-order valence-electron chi connectivity index (χ2n) is 7.40. The third kappa shape index (κ3) is 5.21. The minimum absolute atomic E-state index is 0.0614. The number of nitrogens with zero attached hydrogens (tertiary/aromatic N) is 1. The second-order valence-corrected chi connectivity index (χ2v) is 7.40. The van der Waals surface area contributed by atoms with Crippen molar-refractivity contribution in [3.63, 3.8) is 0 Å². The molecule has 28 heavy (non-hydrogen) atoms. The molecule has 0 unspecified atom stereocenters. The Hall–Kier alpha value is -2.63. The van der Waals surface area contributed by atoms with Gasteiger partial charge in [0.05, 0.1) is 5.56 Å². The topological polar surface area (TPSA) is 75.7 Å². The van der Waals surface area contributed by atoms with Crippen molar-refractivity contribution in [1.29, 1.82) is 0 Å². The molecule has 1 atom stereocenters. The fourth-order valence-electron chi connectivity index (χ4n) is 3.63. The Morgan fingerprint density at radius 2 is 2.07 bits per heavy atom. The number of ether oxygens (including phenoxy) is 1. The number of carbonyl (C=O) groups is 3. The Morgan fingerprint density at radius 1 is 1.21 bits per heavy atom. The maximum Gasteiger partial charge on any atom is 0.338 e. The summed E-state index contributed by atoms with van der Waals surface area (Å²) >= 11 is 0. The first-order valence-corrected chi connectivity index (χ1v) is 10.1.